The lowest BCUT2D eigenvalue weighted by atomic mass is 10.2. The van der Waals surface area contributed by atoms with E-state index in [1.165, 1.54) is 45.6 Å². The van der Waals surface area contributed by atoms with Crippen molar-refractivity contribution in [2.75, 3.05) is 18.4 Å². The Labute approximate surface area is 213 Å². The van der Waals surface area contributed by atoms with Crippen molar-refractivity contribution in [2.24, 2.45) is 0 Å². The maximum Gasteiger partial charge on any atom is 0.256 e. The van der Waals surface area contributed by atoms with Crippen LogP contribution in [0.15, 0.2) is 68.9 Å². The van der Waals surface area contributed by atoms with Crippen LogP contribution in [0.2, 0.25) is 0 Å². The molecule has 0 bridgehead atoms. The third-order valence-corrected chi connectivity index (χ3v) is 7.95. The summed E-state index contributed by atoms with van der Waals surface area (Å²) in [5.74, 6) is 0.389. The fourth-order valence-electron chi connectivity index (χ4n) is 4.20. The van der Waals surface area contributed by atoms with Gasteiger partial charge in [0.15, 0.2) is 5.76 Å². The average Bonchev–Trinajstić information content (AvgIpc) is 3.66. The number of rotatable bonds is 8. The number of hydrogen-bond donors (Lipinski definition) is 2. The van der Waals surface area contributed by atoms with E-state index in [1.807, 2.05) is 6.92 Å². The molecule has 12 heteroatoms. The summed E-state index contributed by atoms with van der Waals surface area (Å²) in [6.07, 6.45) is 4.60. The van der Waals surface area contributed by atoms with Crippen molar-refractivity contribution in [3.63, 3.8) is 0 Å². The summed E-state index contributed by atoms with van der Waals surface area (Å²) in [4.78, 5) is 32.7. The van der Waals surface area contributed by atoms with E-state index in [-0.39, 0.29) is 27.8 Å². The highest BCUT2D eigenvalue weighted by Gasteiger charge is 2.27. The first kappa shape index (κ1) is 24.7. The van der Waals surface area contributed by atoms with Gasteiger partial charge in [-0.3, -0.25) is 14.6 Å². The van der Waals surface area contributed by atoms with Gasteiger partial charge >= 0.3 is 0 Å². The van der Waals surface area contributed by atoms with E-state index in [9.17, 15) is 18.0 Å². The predicted molar refractivity (Wildman–Crippen MR) is 136 cm³/mol. The standard InChI is InChI=1S/C25H26N6O5S/c1-2-6-18-15-23(32)28-25(26-18)31-22(16-20(29-31)21-7-5-14-36-21)27-24(33)17-8-10-19(11-9-17)37(34,35)30-12-3-4-13-30/h5,7-11,14-16H,2-4,6,12-13H2,1H3,(H,27,33)(H,26,28,32). The van der Waals surface area contributed by atoms with Crippen LogP contribution in [-0.2, 0) is 16.4 Å². The topological polar surface area (TPSA) is 143 Å². The number of anilines is 1. The molecule has 1 aliphatic heterocycles. The minimum atomic E-state index is -3.58. The number of H-pyrrole nitrogens is 1. The zero-order valence-electron chi connectivity index (χ0n) is 20.2. The van der Waals surface area contributed by atoms with Crippen LogP contribution in [0.1, 0.15) is 42.2 Å². The molecule has 1 aromatic carbocycles. The van der Waals surface area contributed by atoms with Crippen LogP contribution in [-0.4, -0.2) is 51.5 Å². The van der Waals surface area contributed by atoms with Gasteiger partial charge in [0.05, 0.1) is 11.2 Å². The molecule has 3 aromatic heterocycles. The van der Waals surface area contributed by atoms with Gasteiger partial charge in [-0.2, -0.15) is 14.1 Å². The average molecular weight is 523 g/mol. The second-order valence-electron chi connectivity index (χ2n) is 8.70. The van der Waals surface area contributed by atoms with Crippen molar-refractivity contribution in [1.29, 1.82) is 0 Å². The number of sulfonamides is 1. The number of hydrogen-bond acceptors (Lipinski definition) is 7. The van der Waals surface area contributed by atoms with Gasteiger partial charge in [0.2, 0.25) is 16.0 Å². The van der Waals surface area contributed by atoms with E-state index in [2.05, 4.69) is 20.4 Å². The molecular formula is C25H26N6O5S. The SMILES string of the molecule is CCCc1cc(=O)[nH]c(-n2nc(-c3ccco3)cc2NC(=O)c2ccc(S(=O)(=O)N3CCCC3)cc2)n1. The fourth-order valence-corrected chi connectivity index (χ4v) is 5.72. The lowest BCUT2D eigenvalue weighted by molar-refractivity contribution is 0.102. The number of nitrogens with zero attached hydrogens (tertiary/aromatic N) is 4. The molecule has 0 unspecified atom stereocenters. The Morgan fingerprint density at radius 2 is 1.89 bits per heavy atom. The molecule has 11 nitrogen and oxygen atoms in total. The molecule has 4 aromatic rings. The molecule has 0 spiro atoms. The van der Waals surface area contributed by atoms with Crippen molar-refractivity contribution < 1.29 is 17.6 Å². The summed E-state index contributed by atoms with van der Waals surface area (Å²) in [7, 11) is -3.58. The molecule has 192 valence electrons. The van der Waals surface area contributed by atoms with Crippen molar-refractivity contribution in [3.05, 3.63) is 76.4 Å². The number of furan rings is 1. The molecule has 0 saturated carbocycles. The molecule has 0 aliphatic carbocycles. The summed E-state index contributed by atoms with van der Waals surface area (Å²) in [5, 5.41) is 7.28. The molecule has 1 fully saturated rings. The summed E-state index contributed by atoms with van der Waals surface area (Å²) in [6, 6.07) is 12.3. The summed E-state index contributed by atoms with van der Waals surface area (Å²) in [6.45, 7) is 2.99. The molecule has 1 saturated heterocycles. The van der Waals surface area contributed by atoms with Crippen LogP contribution < -0.4 is 10.9 Å². The van der Waals surface area contributed by atoms with Crippen molar-refractivity contribution in [1.82, 2.24) is 24.1 Å². The highest BCUT2D eigenvalue weighted by molar-refractivity contribution is 7.89. The molecule has 1 amide bonds. The molecule has 4 heterocycles. The maximum absolute atomic E-state index is 13.1. The summed E-state index contributed by atoms with van der Waals surface area (Å²) >= 11 is 0. The third kappa shape index (κ3) is 5.11. The molecule has 5 rings (SSSR count). The monoisotopic (exact) mass is 522 g/mol. The van der Waals surface area contributed by atoms with Gasteiger partial charge in [-0.15, -0.1) is 0 Å². The van der Waals surface area contributed by atoms with Crippen LogP contribution in [0.3, 0.4) is 0 Å². The lowest BCUT2D eigenvalue weighted by Crippen LogP contribution is -2.27. The first-order valence-electron chi connectivity index (χ1n) is 12.0. The van der Waals surface area contributed by atoms with Gasteiger partial charge in [-0.25, -0.2) is 13.4 Å². The van der Waals surface area contributed by atoms with Crippen LogP contribution in [0.25, 0.3) is 17.4 Å². The van der Waals surface area contributed by atoms with Crippen LogP contribution in [0, 0.1) is 0 Å². The Balaban J connectivity index is 1.46. The second-order valence-corrected chi connectivity index (χ2v) is 10.6. The van der Waals surface area contributed by atoms with E-state index in [1.54, 1.807) is 18.2 Å². The summed E-state index contributed by atoms with van der Waals surface area (Å²) in [5.41, 5.74) is 0.948. The van der Waals surface area contributed by atoms with E-state index in [4.69, 9.17) is 4.42 Å². The van der Waals surface area contributed by atoms with Gasteiger partial charge in [-0.1, -0.05) is 13.3 Å². The first-order valence-corrected chi connectivity index (χ1v) is 13.5. The van der Waals surface area contributed by atoms with Crippen LogP contribution >= 0.6 is 0 Å². The third-order valence-electron chi connectivity index (χ3n) is 6.03. The number of carbonyl (C=O) groups excluding carboxylic acids is 1. The number of amides is 1. The Bertz CT molecular complexity index is 1570. The Kier molecular flexibility index (Phi) is 6.76. The van der Waals surface area contributed by atoms with E-state index in [0.29, 0.717) is 36.7 Å². The largest absolute Gasteiger partial charge is 0.463 e. The quantitative estimate of drug-likeness (QED) is 0.362. The van der Waals surface area contributed by atoms with E-state index >= 15 is 0 Å². The zero-order chi connectivity index (χ0) is 26.0. The van der Waals surface area contributed by atoms with E-state index in [0.717, 1.165) is 19.3 Å². The number of carbonyl (C=O) groups is 1. The molecular weight excluding hydrogens is 496 g/mol. The van der Waals surface area contributed by atoms with Crippen molar-refractivity contribution >= 4 is 21.7 Å². The number of aromatic nitrogens is 4. The fraction of sp³-hybridized carbons (Fsp3) is 0.280. The zero-order valence-corrected chi connectivity index (χ0v) is 21.0. The van der Waals surface area contributed by atoms with Crippen molar-refractivity contribution in [3.8, 4) is 17.4 Å². The van der Waals surface area contributed by atoms with Gasteiger partial charge in [0.1, 0.15) is 11.5 Å². The van der Waals surface area contributed by atoms with Crippen LogP contribution in [0.5, 0.6) is 0 Å². The smallest absolute Gasteiger partial charge is 0.256 e. The normalized spacial score (nSPS) is 14.2. The highest BCUT2D eigenvalue weighted by Crippen LogP contribution is 2.25. The predicted octanol–water partition coefficient (Wildman–Crippen LogP) is 3.20. The molecule has 0 atom stereocenters. The van der Waals surface area contributed by atoms with E-state index < -0.39 is 15.9 Å². The first-order chi connectivity index (χ1) is 17.8. The number of aryl methyl sites for hydroxylation is 1. The van der Waals surface area contributed by atoms with Gasteiger partial charge in [0, 0.05) is 36.5 Å². The van der Waals surface area contributed by atoms with Gasteiger partial charge in [-0.05, 0) is 55.7 Å². The minimum absolute atomic E-state index is 0.144. The Hall–Kier alpha value is -4.03. The number of aromatic amines is 1. The Morgan fingerprint density at radius 1 is 1.14 bits per heavy atom. The van der Waals surface area contributed by atoms with Crippen molar-refractivity contribution in [2.45, 2.75) is 37.5 Å². The van der Waals surface area contributed by atoms with Crippen LogP contribution in [0.4, 0.5) is 5.82 Å². The molecule has 37 heavy (non-hydrogen) atoms. The lowest BCUT2D eigenvalue weighted by Gasteiger charge is -2.15. The minimum Gasteiger partial charge on any atom is -0.463 e. The number of benzene rings is 1. The molecule has 1 aliphatic rings. The Morgan fingerprint density at radius 3 is 2.57 bits per heavy atom. The summed E-state index contributed by atoms with van der Waals surface area (Å²) < 4.78 is 33.8. The van der Waals surface area contributed by atoms with Gasteiger partial charge in [0.25, 0.3) is 11.5 Å². The maximum atomic E-state index is 13.1. The highest BCUT2D eigenvalue weighted by atomic mass is 32.2. The number of nitrogens with one attached hydrogen (secondary N) is 2. The van der Waals surface area contributed by atoms with Gasteiger partial charge < -0.3 is 9.73 Å². The second kappa shape index (κ2) is 10.1. The molecule has 2 N–H and O–H groups in total. The molecule has 0 radical (unpaired) electrons.